The van der Waals surface area contributed by atoms with Crippen LogP contribution in [0.15, 0.2) is 40.9 Å². The smallest absolute Gasteiger partial charge is 0.168 e. The molecule has 110 valence electrons. The molecular formula is C17H17BrO3. The zero-order valence-corrected chi connectivity index (χ0v) is 13.9. The predicted molar refractivity (Wildman–Crippen MR) is 86.5 cm³/mol. The van der Waals surface area contributed by atoms with Crippen molar-refractivity contribution in [2.45, 2.75) is 13.3 Å². The third-order valence-corrected chi connectivity index (χ3v) is 3.92. The molecule has 0 fully saturated rings. The van der Waals surface area contributed by atoms with Gasteiger partial charge in [0.2, 0.25) is 0 Å². The van der Waals surface area contributed by atoms with E-state index in [0.717, 1.165) is 5.56 Å². The molecule has 2 aromatic rings. The zero-order chi connectivity index (χ0) is 15.4. The molecule has 0 saturated carbocycles. The maximum Gasteiger partial charge on any atom is 0.168 e. The molecule has 2 aromatic carbocycles. The van der Waals surface area contributed by atoms with E-state index >= 15 is 0 Å². The van der Waals surface area contributed by atoms with E-state index in [2.05, 4.69) is 15.9 Å². The van der Waals surface area contributed by atoms with Crippen LogP contribution in [0.5, 0.6) is 11.5 Å². The van der Waals surface area contributed by atoms with Crippen LogP contribution in [0.3, 0.4) is 0 Å². The normalized spacial score (nSPS) is 10.3. The summed E-state index contributed by atoms with van der Waals surface area (Å²) in [5.74, 6) is 1.18. The van der Waals surface area contributed by atoms with Crippen LogP contribution in [0.4, 0.5) is 0 Å². The first-order chi connectivity index (χ1) is 10.0. The van der Waals surface area contributed by atoms with E-state index in [4.69, 9.17) is 9.47 Å². The van der Waals surface area contributed by atoms with Gasteiger partial charge in [-0.05, 0) is 40.5 Å². The number of halogens is 1. The van der Waals surface area contributed by atoms with Crippen LogP contribution in [0.2, 0.25) is 0 Å². The number of ketones is 1. The number of methoxy groups -OCH3 is 2. The van der Waals surface area contributed by atoms with Gasteiger partial charge in [0.25, 0.3) is 0 Å². The van der Waals surface area contributed by atoms with Crippen LogP contribution in [-0.4, -0.2) is 20.0 Å². The Labute approximate surface area is 133 Å². The summed E-state index contributed by atoms with van der Waals surface area (Å²) in [6, 6.07) is 11.4. The first kappa shape index (κ1) is 15.6. The zero-order valence-electron chi connectivity index (χ0n) is 12.3. The predicted octanol–water partition coefficient (Wildman–Crippen LogP) is 4.20. The highest BCUT2D eigenvalue weighted by Crippen LogP contribution is 2.33. The minimum atomic E-state index is 0.0340. The van der Waals surface area contributed by atoms with Crippen molar-refractivity contribution < 1.29 is 14.3 Å². The van der Waals surface area contributed by atoms with Crippen molar-refractivity contribution in [3.63, 3.8) is 0 Å². The van der Waals surface area contributed by atoms with Crippen LogP contribution < -0.4 is 9.47 Å². The van der Waals surface area contributed by atoms with Gasteiger partial charge >= 0.3 is 0 Å². The fraction of sp³-hybridized carbons (Fsp3) is 0.235. The Bertz CT molecular complexity index is 648. The Hall–Kier alpha value is -1.81. The van der Waals surface area contributed by atoms with Gasteiger partial charge in [0.05, 0.1) is 14.2 Å². The van der Waals surface area contributed by atoms with Crippen molar-refractivity contribution in [2.24, 2.45) is 0 Å². The van der Waals surface area contributed by atoms with E-state index in [0.29, 0.717) is 28.0 Å². The molecule has 2 rings (SSSR count). The molecule has 21 heavy (non-hydrogen) atoms. The van der Waals surface area contributed by atoms with Crippen molar-refractivity contribution in [2.75, 3.05) is 14.2 Å². The van der Waals surface area contributed by atoms with Gasteiger partial charge in [-0.15, -0.1) is 0 Å². The van der Waals surface area contributed by atoms with E-state index in [1.165, 1.54) is 5.56 Å². The van der Waals surface area contributed by atoms with Crippen molar-refractivity contribution in [1.29, 1.82) is 0 Å². The molecular weight excluding hydrogens is 332 g/mol. The highest BCUT2D eigenvalue weighted by atomic mass is 79.9. The third kappa shape index (κ3) is 3.64. The van der Waals surface area contributed by atoms with E-state index in [1.807, 2.05) is 31.2 Å². The maximum atomic E-state index is 12.5. The van der Waals surface area contributed by atoms with Crippen molar-refractivity contribution >= 4 is 21.7 Å². The Kier molecular flexibility index (Phi) is 5.02. The second kappa shape index (κ2) is 6.76. The Balaban J connectivity index is 2.28. The summed E-state index contributed by atoms with van der Waals surface area (Å²) in [5.41, 5.74) is 2.76. The molecule has 0 aliphatic heterocycles. The number of Topliss-reactive ketones (excluding diaryl/α,β-unsaturated/α-hetero) is 1. The van der Waals surface area contributed by atoms with Gasteiger partial charge in [-0.1, -0.05) is 29.8 Å². The fourth-order valence-corrected chi connectivity index (χ4v) is 2.60. The maximum absolute atomic E-state index is 12.5. The molecule has 0 heterocycles. The number of carbonyl (C=O) groups is 1. The largest absolute Gasteiger partial charge is 0.493 e. The van der Waals surface area contributed by atoms with Crippen molar-refractivity contribution in [1.82, 2.24) is 0 Å². The van der Waals surface area contributed by atoms with Gasteiger partial charge < -0.3 is 9.47 Å². The lowest BCUT2D eigenvalue weighted by Gasteiger charge is -2.11. The highest BCUT2D eigenvalue weighted by molar-refractivity contribution is 9.10. The lowest BCUT2D eigenvalue weighted by molar-refractivity contribution is 0.0992. The van der Waals surface area contributed by atoms with E-state index in [9.17, 15) is 4.79 Å². The van der Waals surface area contributed by atoms with Crippen molar-refractivity contribution in [3.8, 4) is 11.5 Å². The van der Waals surface area contributed by atoms with Crippen LogP contribution in [0.1, 0.15) is 21.5 Å². The standard InChI is InChI=1S/C17H17BrO3/c1-11-4-6-12(7-5-11)8-15(19)13-9-16(20-2)17(21-3)10-14(13)18/h4-7,9-10H,8H2,1-3H3. The van der Waals surface area contributed by atoms with Crippen LogP contribution >= 0.6 is 15.9 Å². The average molecular weight is 349 g/mol. The van der Waals surface area contributed by atoms with Crippen LogP contribution in [0.25, 0.3) is 0 Å². The molecule has 0 unspecified atom stereocenters. The van der Waals surface area contributed by atoms with Crippen LogP contribution in [-0.2, 0) is 6.42 Å². The number of hydrogen-bond donors (Lipinski definition) is 0. The number of ether oxygens (including phenoxy) is 2. The summed E-state index contributed by atoms with van der Waals surface area (Å²) < 4.78 is 11.2. The van der Waals surface area contributed by atoms with Gasteiger partial charge in [-0.2, -0.15) is 0 Å². The molecule has 0 amide bonds. The number of aryl methyl sites for hydroxylation is 1. The van der Waals surface area contributed by atoms with Gasteiger partial charge in [0.15, 0.2) is 17.3 Å². The molecule has 0 atom stereocenters. The Morgan fingerprint density at radius 1 is 1.05 bits per heavy atom. The summed E-state index contributed by atoms with van der Waals surface area (Å²) in [4.78, 5) is 12.5. The summed E-state index contributed by atoms with van der Waals surface area (Å²) in [6.07, 6.45) is 0.356. The molecule has 0 aliphatic rings. The SMILES string of the molecule is COc1cc(Br)c(C(=O)Cc2ccc(C)cc2)cc1OC. The molecule has 0 N–H and O–H groups in total. The minimum absolute atomic E-state index is 0.0340. The lowest BCUT2D eigenvalue weighted by atomic mass is 10.0. The van der Waals surface area contributed by atoms with Gasteiger partial charge in [-0.3, -0.25) is 4.79 Å². The minimum Gasteiger partial charge on any atom is -0.493 e. The monoisotopic (exact) mass is 348 g/mol. The number of hydrogen-bond acceptors (Lipinski definition) is 3. The number of rotatable bonds is 5. The first-order valence-corrected chi connectivity index (χ1v) is 7.34. The van der Waals surface area contributed by atoms with E-state index < -0.39 is 0 Å². The lowest BCUT2D eigenvalue weighted by Crippen LogP contribution is -2.05. The first-order valence-electron chi connectivity index (χ1n) is 6.55. The topological polar surface area (TPSA) is 35.5 Å². The Morgan fingerprint density at radius 3 is 2.19 bits per heavy atom. The van der Waals surface area contributed by atoms with Gasteiger partial charge in [0, 0.05) is 16.5 Å². The summed E-state index contributed by atoms with van der Waals surface area (Å²) >= 11 is 3.42. The quantitative estimate of drug-likeness (QED) is 0.759. The van der Waals surface area contributed by atoms with E-state index in [-0.39, 0.29) is 5.78 Å². The molecule has 0 saturated heterocycles. The summed E-state index contributed by atoms with van der Waals surface area (Å²) in [7, 11) is 3.12. The van der Waals surface area contributed by atoms with Gasteiger partial charge in [0.1, 0.15) is 0 Å². The van der Waals surface area contributed by atoms with Crippen molar-refractivity contribution in [3.05, 3.63) is 57.6 Å². The third-order valence-electron chi connectivity index (χ3n) is 3.26. The second-order valence-corrected chi connectivity index (χ2v) is 5.63. The molecule has 3 nitrogen and oxygen atoms in total. The fourth-order valence-electron chi connectivity index (χ4n) is 2.05. The molecule has 0 aromatic heterocycles. The molecule has 0 bridgehead atoms. The van der Waals surface area contributed by atoms with Crippen LogP contribution in [0, 0.1) is 6.92 Å². The second-order valence-electron chi connectivity index (χ2n) is 4.77. The molecule has 0 aliphatic carbocycles. The Morgan fingerprint density at radius 2 is 1.62 bits per heavy atom. The number of benzene rings is 2. The average Bonchev–Trinajstić information content (AvgIpc) is 2.49. The molecule has 4 heteroatoms. The summed E-state index contributed by atoms with van der Waals surface area (Å²) in [6.45, 7) is 2.02. The molecule has 0 spiro atoms. The molecule has 0 radical (unpaired) electrons. The number of carbonyl (C=O) groups excluding carboxylic acids is 1. The van der Waals surface area contributed by atoms with E-state index in [1.54, 1.807) is 26.4 Å². The highest BCUT2D eigenvalue weighted by Gasteiger charge is 2.15. The summed E-state index contributed by atoms with van der Waals surface area (Å²) in [5, 5.41) is 0. The van der Waals surface area contributed by atoms with Gasteiger partial charge in [-0.25, -0.2) is 0 Å².